The van der Waals surface area contributed by atoms with Crippen molar-refractivity contribution in [3.63, 3.8) is 0 Å². The van der Waals surface area contributed by atoms with Crippen molar-refractivity contribution in [3.8, 4) is 0 Å². The van der Waals surface area contributed by atoms with E-state index in [2.05, 4.69) is 5.32 Å². The van der Waals surface area contributed by atoms with Crippen molar-refractivity contribution in [1.29, 1.82) is 0 Å². The number of anilines is 2. The molecule has 1 aliphatic carbocycles. The molecule has 19 heavy (non-hydrogen) atoms. The molecule has 1 aromatic carbocycles. The number of carbonyl (C=O) groups is 1. The van der Waals surface area contributed by atoms with Crippen LogP contribution >= 0.6 is 0 Å². The predicted octanol–water partition coefficient (Wildman–Crippen LogP) is 1.15. The van der Waals surface area contributed by atoms with Crippen LogP contribution in [0.25, 0.3) is 0 Å². The van der Waals surface area contributed by atoms with Crippen molar-refractivity contribution in [2.75, 3.05) is 31.7 Å². The number of nitrogen functional groups attached to an aromatic ring is 1. The summed E-state index contributed by atoms with van der Waals surface area (Å²) in [6.07, 6.45) is 1.82. The molecule has 1 atom stereocenters. The molecule has 0 heterocycles. The molecule has 1 unspecified atom stereocenters. The third-order valence-corrected chi connectivity index (χ3v) is 3.35. The van der Waals surface area contributed by atoms with Gasteiger partial charge in [-0.2, -0.15) is 0 Å². The van der Waals surface area contributed by atoms with Gasteiger partial charge in [-0.25, -0.2) is 0 Å². The van der Waals surface area contributed by atoms with Gasteiger partial charge in [-0.3, -0.25) is 4.79 Å². The van der Waals surface area contributed by atoms with Crippen LogP contribution in [-0.4, -0.2) is 42.7 Å². The minimum Gasteiger partial charge on any atom is -0.399 e. The summed E-state index contributed by atoms with van der Waals surface area (Å²) >= 11 is 0. The summed E-state index contributed by atoms with van der Waals surface area (Å²) in [5, 5.41) is 13.0. The zero-order valence-electron chi connectivity index (χ0n) is 11.4. The third-order valence-electron chi connectivity index (χ3n) is 3.35. The Kier molecular flexibility index (Phi) is 3.95. The lowest BCUT2D eigenvalue weighted by atomic mass is 10.1. The molecule has 4 N–H and O–H groups in total. The Hall–Kier alpha value is -1.75. The number of rotatable bonds is 5. The molecule has 1 aromatic rings. The maximum atomic E-state index is 12.1. The van der Waals surface area contributed by atoms with Gasteiger partial charge in [0.05, 0.1) is 11.7 Å². The van der Waals surface area contributed by atoms with Gasteiger partial charge in [-0.05, 0) is 37.0 Å². The Morgan fingerprint density at radius 1 is 1.53 bits per heavy atom. The first kappa shape index (κ1) is 13.7. The van der Waals surface area contributed by atoms with E-state index in [4.69, 9.17) is 5.73 Å². The highest BCUT2D eigenvalue weighted by Gasteiger charge is 2.29. The van der Waals surface area contributed by atoms with E-state index < -0.39 is 0 Å². The second-order valence-electron chi connectivity index (χ2n) is 5.29. The maximum Gasteiger partial charge on any atom is 0.255 e. The highest BCUT2D eigenvalue weighted by molar-refractivity contribution is 6.00. The van der Waals surface area contributed by atoms with E-state index in [1.54, 1.807) is 32.3 Å². The quantitative estimate of drug-likeness (QED) is 0.696. The highest BCUT2D eigenvalue weighted by atomic mass is 16.3. The van der Waals surface area contributed by atoms with Crippen LogP contribution in [0.2, 0.25) is 0 Å². The number of nitrogens with zero attached hydrogens (tertiary/aromatic N) is 1. The second-order valence-corrected chi connectivity index (χ2v) is 5.29. The summed E-state index contributed by atoms with van der Waals surface area (Å²) in [5.74, 6) is 0.324. The van der Waals surface area contributed by atoms with Crippen LogP contribution in [0.3, 0.4) is 0 Å². The van der Waals surface area contributed by atoms with Gasteiger partial charge in [0, 0.05) is 32.0 Å². The van der Waals surface area contributed by atoms with Gasteiger partial charge in [0.25, 0.3) is 5.91 Å². The molecule has 2 rings (SSSR count). The van der Waals surface area contributed by atoms with Crippen LogP contribution in [0.4, 0.5) is 11.4 Å². The first-order valence-electron chi connectivity index (χ1n) is 6.52. The number of nitrogens with two attached hydrogens (primary N) is 1. The van der Waals surface area contributed by atoms with Crippen molar-refractivity contribution in [3.05, 3.63) is 23.8 Å². The molecule has 1 amide bonds. The molecule has 104 valence electrons. The number of hydrogen-bond acceptors (Lipinski definition) is 4. The molecule has 0 aromatic heterocycles. The highest BCUT2D eigenvalue weighted by Crippen LogP contribution is 2.32. The van der Waals surface area contributed by atoms with Gasteiger partial charge in [-0.15, -0.1) is 0 Å². The van der Waals surface area contributed by atoms with Crippen LogP contribution in [0.1, 0.15) is 23.2 Å². The number of aliphatic hydroxyl groups excluding tert-OH is 1. The predicted molar refractivity (Wildman–Crippen MR) is 76.1 cm³/mol. The zero-order valence-corrected chi connectivity index (χ0v) is 11.4. The average molecular weight is 263 g/mol. The standard InChI is InChI=1S/C14H21N3O2/c1-17(2)14(19)11-6-5-10(15)7-12(11)16-8-13(18)9-3-4-9/h5-7,9,13,16,18H,3-4,8,15H2,1-2H3. The Labute approximate surface area is 113 Å². The summed E-state index contributed by atoms with van der Waals surface area (Å²) in [7, 11) is 3.42. The van der Waals surface area contributed by atoms with Gasteiger partial charge < -0.3 is 21.1 Å². The maximum absolute atomic E-state index is 12.1. The lowest BCUT2D eigenvalue weighted by Crippen LogP contribution is -2.25. The van der Waals surface area contributed by atoms with Crippen LogP contribution in [0.15, 0.2) is 18.2 Å². The molecule has 5 heteroatoms. The second kappa shape index (κ2) is 5.48. The fourth-order valence-corrected chi connectivity index (χ4v) is 2.00. The van der Waals surface area contributed by atoms with E-state index in [1.807, 2.05) is 0 Å². The molecule has 0 aliphatic heterocycles. The van der Waals surface area contributed by atoms with Crippen LogP contribution in [0.5, 0.6) is 0 Å². The van der Waals surface area contributed by atoms with Gasteiger partial charge in [0.15, 0.2) is 0 Å². The number of benzene rings is 1. The van der Waals surface area contributed by atoms with Crippen molar-refractivity contribution in [2.45, 2.75) is 18.9 Å². The average Bonchev–Trinajstić information content (AvgIpc) is 3.19. The number of nitrogens with one attached hydrogen (secondary N) is 1. The first-order valence-corrected chi connectivity index (χ1v) is 6.52. The summed E-state index contributed by atoms with van der Waals surface area (Å²) < 4.78 is 0. The monoisotopic (exact) mass is 263 g/mol. The van der Waals surface area contributed by atoms with Crippen LogP contribution in [0, 0.1) is 5.92 Å². The molecule has 1 saturated carbocycles. The minimum absolute atomic E-state index is 0.0802. The Morgan fingerprint density at radius 2 is 2.21 bits per heavy atom. The fourth-order valence-electron chi connectivity index (χ4n) is 2.00. The van der Waals surface area contributed by atoms with Gasteiger partial charge in [0.1, 0.15) is 0 Å². The van der Waals surface area contributed by atoms with E-state index in [0.29, 0.717) is 29.4 Å². The van der Waals surface area contributed by atoms with Crippen LogP contribution < -0.4 is 11.1 Å². The molecule has 1 aliphatic rings. The first-order chi connectivity index (χ1) is 8.99. The van der Waals surface area contributed by atoms with Crippen LogP contribution in [-0.2, 0) is 0 Å². The number of aliphatic hydroxyl groups is 1. The molecular formula is C14H21N3O2. The molecule has 0 spiro atoms. The molecule has 1 fully saturated rings. The Bertz CT molecular complexity index is 470. The topological polar surface area (TPSA) is 78.6 Å². The number of amides is 1. The van der Waals surface area contributed by atoms with Gasteiger partial charge >= 0.3 is 0 Å². The van der Waals surface area contributed by atoms with Crippen molar-refractivity contribution < 1.29 is 9.90 Å². The van der Waals surface area contributed by atoms with E-state index in [0.717, 1.165) is 12.8 Å². The van der Waals surface area contributed by atoms with Crippen molar-refractivity contribution in [1.82, 2.24) is 4.90 Å². The van der Waals surface area contributed by atoms with Crippen molar-refractivity contribution >= 4 is 17.3 Å². The lowest BCUT2D eigenvalue weighted by molar-refractivity contribution is 0.0828. The molecular weight excluding hydrogens is 242 g/mol. The van der Waals surface area contributed by atoms with E-state index in [9.17, 15) is 9.90 Å². The Morgan fingerprint density at radius 3 is 2.79 bits per heavy atom. The largest absolute Gasteiger partial charge is 0.399 e. The zero-order chi connectivity index (χ0) is 14.0. The third kappa shape index (κ3) is 3.38. The smallest absolute Gasteiger partial charge is 0.255 e. The molecule has 0 bridgehead atoms. The van der Waals surface area contributed by atoms with Gasteiger partial charge in [-0.1, -0.05) is 0 Å². The van der Waals surface area contributed by atoms with E-state index in [-0.39, 0.29) is 12.0 Å². The lowest BCUT2D eigenvalue weighted by Gasteiger charge is -2.17. The SMILES string of the molecule is CN(C)C(=O)c1ccc(N)cc1NCC(O)C1CC1. The summed E-state index contributed by atoms with van der Waals surface area (Å²) in [6.45, 7) is 0.446. The van der Waals surface area contributed by atoms with E-state index in [1.165, 1.54) is 4.90 Å². The van der Waals surface area contributed by atoms with Gasteiger partial charge in [0.2, 0.25) is 0 Å². The Balaban J connectivity index is 2.12. The number of hydrogen-bond donors (Lipinski definition) is 3. The fraction of sp³-hybridized carbons (Fsp3) is 0.500. The molecule has 5 nitrogen and oxygen atoms in total. The van der Waals surface area contributed by atoms with Crippen molar-refractivity contribution in [2.24, 2.45) is 5.92 Å². The van der Waals surface area contributed by atoms with E-state index >= 15 is 0 Å². The minimum atomic E-state index is -0.358. The summed E-state index contributed by atoms with van der Waals surface area (Å²) in [6, 6.07) is 5.15. The molecule has 0 radical (unpaired) electrons. The normalized spacial score (nSPS) is 15.9. The molecule has 0 saturated heterocycles. The summed E-state index contributed by atoms with van der Waals surface area (Å²) in [4.78, 5) is 13.6. The number of carbonyl (C=O) groups excluding carboxylic acids is 1. The summed E-state index contributed by atoms with van der Waals surface area (Å²) in [5.41, 5.74) is 7.60.